The molecule has 0 spiro atoms. The second kappa shape index (κ2) is 3.41. The molecule has 80 valence electrons. The lowest BCUT2D eigenvalue weighted by Gasteiger charge is -2.12. The first-order chi connectivity index (χ1) is 6.89. The Morgan fingerprint density at radius 2 is 2.00 bits per heavy atom. The van der Waals surface area contributed by atoms with Gasteiger partial charge in [-0.2, -0.15) is 0 Å². The van der Waals surface area contributed by atoms with Crippen LogP contribution < -0.4 is 0 Å². The van der Waals surface area contributed by atoms with Gasteiger partial charge in [-0.3, -0.25) is 0 Å². The van der Waals surface area contributed by atoms with Crippen LogP contribution in [0, 0.1) is 0 Å². The topological polar surface area (TPSA) is 0 Å². The van der Waals surface area contributed by atoms with E-state index in [4.69, 9.17) is 0 Å². The average Bonchev–Trinajstić information content (AvgIpc) is 2.41. The molecule has 1 aromatic carbocycles. The maximum absolute atomic E-state index is 13.1. The first kappa shape index (κ1) is 10.8. The molecule has 0 nitrogen and oxygen atoms in total. The number of rotatable bonds is 1. The Balaban J connectivity index is 2.52. The fourth-order valence-corrected chi connectivity index (χ4v) is 2.31. The van der Waals surface area contributed by atoms with Gasteiger partial charge in [0.1, 0.15) is 0 Å². The molecule has 1 aliphatic rings. The molecule has 0 unspecified atom stereocenters. The van der Waals surface area contributed by atoms with Crippen LogP contribution in [-0.4, -0.2) is 0 Å². The van der Waals surface area contributed by atoms with Gasteiger partial charge in [0.25, 0.3) is 5.92 Å². The van der Waals surface area contributed by atoms with Crippen LogP contribution in [-0.2, 0) is 12.3 Å². The minimum Gasteiger partial charge on any atom is -0.202 e. The van der Waals surface area contributed by atoms with Crippen LogP contribution in [0.1, 0.15) is 30.5 Å². The third-order valence-electron chi connectivity index (χ3n) is 2.68. The summed E-state index contributed by atoms with van der Waals surface area (Å²) in [5, 5.41) is 0. The standard InChI is InChI=1S/C12H11BrF2/c1-7-5-8-3-4-9(12(2,14)15)6-10(8)11(7)13/h3-4,6H,5H2,1-2H3. The van der Waals surface area contributed by atoms with E-state index in [0.29, 0.717) is 0 Å². The highest BCUT2D eigenvalue weighted by Gasteiger charge is 2.27. The summed E-state index contributed by atoms with van der Waals surface area (Å²) >= 11 is 3.44. The van der Waals surface area contributed by atoms with Crippen molar-refractivity contribution in [3.8, 4) is 0 Å². The quantitative estimate of drug-likeness (QED) is 0.707. The molecule has 0 atom stereocenters. The van der Waals surface area contributed by atoms with E-state index in [0.717, 1.165) is 29.0 Å². The van der Waals surface area contributed by atoms with Crippen molar-refractivity contribution in [2.24, 2.45) is 0 Å². The third kappa shape index (κ3) is 1.85. The second-order valence-electron chi connectivity index (χ2n) is 4.03. The molecule has 3 heteroatoms. The highest BCUT2D eigenvalue weighted by molar-refractivity contribution is 9.15. The van der Waals surface area contributed by atoms with Crippen molar-refractivity contribution < 1.29 is 8.78 Å². The predicted molar refractivity (Wildman–Crippen MR) is 61.2 cm³/mol. The van der Waals surface area contributed by atoms with Gasteiger partial charge in [-0.25, -0.2) is 8.78 Å². The minimum absolute atomic E-state index is 0.0768. The summed E-state index contributed by atoms with van der Waals surface area (Å²) in [6, 6.07) is 4.88. The molecule has 0 heterocycles. The van der Waals surface area contributed by atoms with Crippen LogP contribution in [0.3, 0.4) is 0 Å². The molecular weight excluding hydrogens is 262 g/mol. The Morgan fingerprint density at radius 3 is 2.60 bits per heavy atom. The number of fused-ring (bicyclic) bond motifs is 1. The van der Waals surface area contributed by atoms with Crippen LogP contribution >= 0.6 is 15.9 Å². The Bertz CT molecular complexity index is 441. The molecule has 0 aliphatic heterocycles. The first-order valence-corrected chi connectivity index (χ1v) is 5.56. The summed E-state index contributed by atoms with van der Waals surface area (Å²) < 4.78 is 27.2. The summed E-state index contributed by atoms with van der Waals surface area (Å²) in [7, 11) is 0. The van der Waals surface area contributed by atoms with Gasteiger partial charge in [0.15, 0.2) is 0 Å². The summed E-state index contributed by atoms with van der Waals surface area (Å²) in [4.78, 5) is 0. The summed E-state index contributed by atoms with van der Waals surface area (Å²) in [5.74, 6) is -2.77. The monoisotopic (exact) mass is 272 g/mol. The second-order valence-corrected chi connectivity index (χ2v) is 4.82. The molecule has 0 radical (unpaired) electrons. The van der Waals surface area contributed by atoms with Gasteiger partial charge >= 0.3 is 0 Å². The van der Waals surface area contributed by atoms with Crippen molar-refractivity contribution in [3.05, 3.63) is 40.5 Å². The van der Waals surface area contributed by atoms with Crippen molar-refractivity contribution in [3.63, 3.8) is 0 Å². The van der Waals surface area contributed by atoms with Gasteiger partial charge in [-0.05, 0) is 30.5 Å². The largest absolute Gasteiger partial charge is 0.270 e. The van der Waals surface area contributed by atoms with E-state index >= 15 is 0 Å². The maximum Gasteiger partial charge on any atom is 0.270 e. The number of hydrogen-bond donors (Lipinski definition) is 0. The number of hydrogen-bond acceptors (Lipinski definition) is 0. The zero-order chi connectivity index (χ0) is 11.2. The van der Waals surface area contributed by atoms with Crippen LogP contribution in [0.5, 0.6) is 0 Å². The molecule has 0 fully saturated rings. The van der Waals surface area contributed by atoms with E-state index in [-0.39, 0.29) is 5.56 Å². The Hall–Kier alpha value is -0.700. The molecule has 0 aromatic heterocycles. The fraction of sp³-hybridized carbons (Fsp3) is 0.333. The highest BCUT2D eigenvalue weighted by Crippen LogP contribution is 2.39. The molecule has 0 saturated heterocycles. The van der Waals surface area contributed by atoms with Crippen molar-refractivity contribution >= 4 is 20.4 Å². The lowest BCUT2D eigenvalue weighted by molar-refractivity contribution is 0.0174. The van der Waals surface area contributed by atoms with Gasteiger partial charge < -0.3 is 0 Å². The summed E-state index contributed by atoms with van der Waals surface area (Å²) in [6.07, 6.45) is 0.853. The SMILES string of the molecule is CC1=C(Br)c2cc(C(C)(F)F)ccc2C1. The van der Waals surface area contributed by atoms with Gasteiger partial charge in [0.2, 0.25) is 0 Å². The smallest absolute Gasteiger partial charge is 0.202 e. The van der Waals surface area contributed by atoms with Crippen molar-refractivity contribution in [1.82, 2.24) is 0 Å². The molecule has 2 rings (SSSR count). The van der Waals surface area contributed by atoms with Gasteiger partial charge in [-0.15, -0.1) is 0 Å². The van der Waals surface area contributed by atoms with Crippen molar-refractivity contribution in [2.75, 3.05) is 0 Å². The minimum atomic E-state index is -2.77. The van der Waals surface area contributed by atoms with E-state index in [2.05, 4.69) is 15.9 Å². The molecule has 0 amide bonds. The third-order valence-corrected chi connectivity index (χ3v) is 3.79. The highest BCUT2D eigenvalue weighted by atomic mass is 79.9. The lowest BCUT2D eigenvalue weighted by Crippen LogP contribution is -2.07. The molecule has 1 aromatic rings. The molecular formula is C12H11BrF2. The zero-order valence-electron chi connectivity index (χ0n) is 8.57. The molecule has 0 N–H and O–H groups in total. The fourth-order valence-electron chi connectivity index (χ4n) is 1.80. The normalized spacial score (nSPS) is 15.8. The van der Waals surface area contributed by atoms with Gasteiger partial charge in [0.05, 0.1) is 0 Å². The maximum atomic E-state index is 13.1. The summed E-state index contributed by atoms with van der Waals surface area (Å²) in [5.41, 5.74) is 3.30. The van der Waals surface area contributed by atoms with Crippen molar-refractivity contribution in [1.29, 1.82) is 0 Å². The molecule has 0 bridgehead atoms. The zero-order valence-corrected chi connectivity index (χ0v) is 10.2. The lowest BCUT2D eigenvalue weighted by atomic mass is 10.0. The predicted octanol–water partition coefficient (Wildman–Crippen LogP) is 4.48. The van der Waals surface area contributed by atoms with Crippen LogP contribution in [0.4, 0.5) is 8.78 Å². The van der Waals surface area contributed by atoms with Gasteiger partial charge in [0, 0.05) is 17.0 Å². The van der Waals surface area contributed by atoms with Crippen LogP contribution in [0.15, 0.2) is 23.8 Å². The summed E-state index contributed by atoms with van der Waals surface area (Å²) in [6.45, 7) is 2.93. The van der Waals surface area contributed by atoms with Crippen LogP contribution in [0.2, 0.25) is 0 Å². The number of alkyl halides is 2. The average molecular weight is 273 g/mol. The molecule has 1 aliphatic carbocycles. The van der Waals surface area contributed by atoms with E-state index in [9.17, 15) is 8.78 Å². The van der Waals surface area contributed by atoms with Crippen LogP contribution in [0.25, 0.3) is 4.48 Å². The Kier molecular flexibility index (Phi) is 2.45. The number of benzene rings is 1. The van der Waals surface area contributed by atoms with E-state index < -0.39 is 5.92 Å². The Labute approximate surface area is 96.1 Å². The molecule has 0 saturated carbocycles. The van der Waals surface area contributed by atoms with E-state index in [1.807, 2.05) is 6.92 Å². The van der Waals surface area contributed by atoms with Crippen molar-refractivity contribution in [2.45, 2.75) is 26.2 Å². The van der Waals surface area contributed by atoms with E-state index in [1.165, 1.54) is 11.6 Å². The number of halogens is 3. The number of allylic oxidation sites excluding steroid dienone is 1. The molecule has 15 heavy (non-hydrogen) atoms. The van der Waals surface area contributed by atoms with E-state index in [1.54, 1.807) is 12.1 Å². The van der Waals surface area contributed by atoms with Gasteiger partial charge in [-0.1, -0.05) is 33.6 Å². The Morgan fingerprint density at radius 1 is 1.33 bits per heavy atom. The first-order valence-electron chi connectivity index (χ1n) is 4.76.